The van der Waals surface area contributed by atoms with Crippen molar-refractivity contribution in [2.24, 2.45) is 0 Å². The van der Waals surface area contributed by atoms with Crippen molar-refractivity contribution in [3.8, 4) is 0 Å². The Morgan fingerprint density at radius 1 is 1.19 bits per heavy atom. The van der Waals surface area contributed by atoms with Gasteiger partial charge in [-0.3, -0.25) is 14.6 Å². The smallest absolute Gasteiger partial charge is 0.307 e. The van der Waals surface area contributed by atoms with Gasteiger partial charge in [-0.15, -0.1) is 0 Å². The topological polar surface area (TPSA) is 43.8 Å². The number of nitrogens with zero attached hydrogens (tertiary/aromatic N) is 2. The molecule has 2 heterocycles. The zero-order chi connectivity index (χ0) is 14.8. The van der Waals surface area contributed by atoms with Gasteiger partial charge in [-0.05, 0) is 37.4 Å². The van der Waals surface area contributed by atoms with Crippen LogP contribution in [0.3, 0.4) is 0 Å². The van der Waals surface area contributed by atoms with Crippen molar-refractivity contribution in [3.63, 3.8) is 0 Å². The zero-order valence-corrected chi connectivity index (χ0v) is 12.7. The standard InChI is InChI=1S/C17H24N2O2/c1-18-15-6-7-16(18)12-19(9-8-15)11-14-5-3-2-4-13(14)10-17(20)21/h2-5,15-16H,6-12H2,1H3,(H,20,21). The Kier molecular flexibility index (Phi) is 4.27. The van der Waals surface area contributed by atoms with Crippen LogP contribution in [-0.2, 0) is 17.8 Å². The number of likely N-dealkylation sites (N-methyl/N-ethyl adjacent to an activating group) is 1. The number of hydrogen-bond donors (Lipinski definition) is 1. The lowest BCUT2D eigenvalue weighted by molar-refractivity contribution is -0.136. The highest BCUT2D eigenvalue weighted by molar-refractivity contribution is 5.70. The molecule has 2 bridgehead atoms. The molecular formula is C17H24N2O2. The maximum Gasteiger partial charge on any atom is 0.307 e. The summed E-state index contributed by atoms with van der Waals surface area (Å²) in [6, 6.07) is 9.37. The van der Waals surface area contributed by atoms with Crippen LogP contribution in [0, 0.1) is 0 Å². The Hall–Kier alpha value is -1.39. The number of carbonyl (C=O) groups is 1. The Morgan fingerprint density at radius 3 is 2.67 bits per heavy atom. The second-order valence-corrected chi connectivity index (χ2v) is 6.41. The molecule has 0 aliphatic carbocycles. The summed E-state index contributed by atoms with van der Waals surface area (Å²) in [7, 11) is 2.25. The molecule has 1 N–H and O–H groups in total. The predicted molar refractivity (Wildman–Crippen MR) is 82.2 cm³/mol. The fraction of sp³-hybridized carbons (Fsp3) is 0.588. The summed E-state index contributed by atoms with van der Waals surface area (Å²) in [5.74, 6) is -0.753. The molecule has 2 unspecified atom stereocenters. The van der Waals surface area contributed by atoms with Crippen LogP contribution >= 0.6 is 0 Å². The Morgan fingerprint density at radius 2 is 1.90 bits per heavy atom. The van der Waals surface area contributed by atoms with Crippen LogP contribution in [0.4, 0.5) is 0 Å². The third-order valence-corrected chi connectivity index (χ3v) is 5.09. The molecule has 1 aromatic carbocycles. The van der Waals surface area contributed by atoms with Gasteiger partial charge in [0.2, 0.25) is 0 Å². The van der Waals surface area contributed by atoms with Crippen molar-refractivity contribution in [1.82, 2.24) is 9.80 Å². The van der Waals surface area contributed by atoms with E-state index in [-0.39, 0.29) is 6.42 Å². The molecule has 2 aliphatic heterocycles. The number of carboxylic acid groups (broad SMARTS) is 1. The molecule has 3 rings (SSSR count). The highest BCUT2D eigenvalue weighted by atomic mass is 16.4. The van der Waals surface area contributed by atoms with Gasteiger partial charge in [-0.1, -0.05) is 24.3 Å². The number of carboxylic acids is 1. The number of fused-ring (bicyclic) bond motifs is 2. The first kappa shape index (κ1) is 14.5. The van der Waals surface area contributed by atoms with Crippen molar-refractivity contribution >= 4 is 5.97 Å². The van der Waals surface area contributed by atoms with Crippen molar-refractivity contribution < 1.29 is 9.90 Å². The molecule has 0 spiro atoms. The molecule has 4 heteroatoms. The van der Waals surface area contributed by atoms with E-state index in [2.05, 4.69) is 22.9 Å². The number of benzene rings is 1. The molecule has 2 saturated heterocycles. The first-order chi connectivity index (χ1) is 10.1. The van der Waals surface area contributed by atoms with Gasteiger partial charge in [0.15, 0.2) is 0 Å². The largest absolute Gasteiger partial charge is 0.481 e. The van der Waals surface area contributed by atoms with Gasteiger partial charge in [-0.25, -0.2) is 0 Å². The van der Waals surface area contributed by atoms with E-state index in [0.717, 1.165) is 31.2 Å². The molecule has 2 aliphatic rings. The summed E-state index contributed by atoms with van der Waals surface area (Å²) >= 11 is 0. The molecule has 114 valence electrons. The number of hydrogen-bond acceptors (Lipinski definition) is 3. The minimum Gasteiger partial charge on any atom is -0.481 e. The van der Waals surface area contributed by atoms with Crippen molar-refractivity contribution in [2.45, 2.75) is 44.3 Å². The molecule has 0 saturated carbocycles. The molecule has 1 aromatic rings. The van der Waals surface area contributed by atoms with Crippen molar-refractivity contribution in [1.29, 1.82) is 0 Å². The van der Waals surface area contributed by atoms with Gasteiger partial charge in [0.1, 0.15) is 0 Å². The molecule has 0 aromatic heterocycles. The van der Waals surface area contributed by atoms with Gasteiger partial charge < -0.3 is 5.11 Å². The van der Waals surface area contributed by atoms with E-state index < -0.39 is 5.97 Å². The van der Waals surface area contributed by atoms with Crippen LogP contribution in [0.5, 0.6) is 0 Å². The van der Waals surface area contributed by atoms with Crippen molar-refractivity contribution in [3.05, 3.63) is 35.4 Å². The fourth-order valence-corrected chi connectivity index (χ4v) is 3.81. The van der Waals surface area contributed by atoms with Gasteiger partial charge in [0.05, 0.1) is 6.42 Å². The third-order valence-electron chi connectivity index (χ3n) is 5.09. The van der Waals surface area contributed by atoms with E-state index >= 15 is 0 Å². The van der Waals surface area contributed by atoms with Crippen LogP contribution in [0.1, 0.15) is 30.4 Å². The normalized spacial score (nSPS) is 26.7. The summed E-state index contributed by atoms with van der Waals surface area (Å²) in [5.41, 5.74) is 2.12. The third kappa shape index (κ3) is 3.27. The number of rotatable bonds is 4. The molecule has 2 fully saturated rings. The van der Waals surface area contributed by atoms with Gasteiger partial charge in [0, 0.05) is 31.7 Å². The molecule has 0 amide bonds. The minimum absolute atomic E-state index is 0.121. The summed E-state index contributed by atoms with van der Waals surface area (Å²) in [6.07, 6.45) is 3.99. The predicted octanol–water partition coefficient (Wildman–Crippen LogP) is 1.98. The van der Waals surface area contributed by atoms with Crippen LogP contribution in [0.25, 0.3) is 0 Å². The van der Waals surface area contributed by atoms with Gasteiger partial charge >= 0.3 is 5.97 Å². The van der Waals surface area contributed by atoms with E-state index in [4.69, 9.17) is 5.11 Å². The zero-order valence-electron chi connectivity index (χ0n) is 12.7. The molecule has 2 atom stereocenters. The average Bonchev–Trinajstić information content (AvgIpc) is 2.68. The number of likely N-dealkylation sites (tertiary alicyclic amines) is 1. The highest BCUT2D eigenvalue weighted by Crippen LogP contribution is 2.29. The summed E-state index contributed by atoms with van der Waals surface area (Å²) in [5, 5.41) is 9.04. The molecule has 4 nitrogen and oxygen atoms in total. The van der Waals surface area contributed by atoms with E-state index in [9.17, 15) is 4.79 Å². The SMILES string of the molecule is CN1C2CCC1CN(Cc1ccccc1CC(=O)O)CC2. The van der Waals surface area contributed by atoms with E-state index in [1.807, 2.05) is 18.2 Å². The second kappa shape index (κ2) is 6.16. The average molecular weight is 288 g/mol. The molecular weight excluding hydrogens is 264 g/mol. The van der Waals surface area contributed by atoms with Crippen LogP contribution in [-0.4, -0.2) is 53.1 Å². The Balaban J connectivity index is 1.70. The Labute approximate surface area is 126 Å². The maximum atomic E-state index is 11.0. The summed E-state index contributed by atoms with van der Waals surface area (Å²) in [4.78, 5) is 16.0. The first-order valence-corrected chi connectivity index (χ1v) is 7.86. The summed E-state index contributed by atoms with van der Waals surface area (Å²) in [6.45, 7) is 3.10. The fourth-order valence-electron chi connectivity index (χ4n) is 3.81. The second-order valence-electron chi connectivity index (χ2n) is 6.41. The van der Waals surface area contributed by atoms with Crippen LogP contribution in [0.2, 0.25) is 0 Å². The minimum atomic E-state index is -0.753. The molecule has 0 radical (unpaired) electrons. The molecule has 21 heavy (non-hydrogen) atoms. The van der Waals surface area contributed by atoms with E-state index in [1.54, 1.807) is 0 Å². The lowest BCUT2D eigenvalue weighted by atomic mass is 10.0. The first-order valence-electron chi connectivity index (χ1n) is 7.86. The van der Waals surface area contributed by atoms with Gasteiger partial charge in [-0.2, -0.15) is 0 Å². The number of aliphatic carboxylic acids is 1. The van der Waals surface area contributed by atoms with Crippen LogP contribution < -0.4 is 0 Å². The van der Waals surface area contributed by atoms with Crippen molar-refractivity contribution in [2.75, 3.05) is 20.1 Å². The monoisotopic (exact) mass is 288 g/mol. The maximum absolute atomic E-state index is 11.0. The van der Waals surface area contributed by atoms with Crippen LogP contribution in [0.15, 0.2) is 24.3 Å². The lowest BCUT2D eigenvalue weighted by Gasteiger charge is -2.26. The van der Waals surface area contributed by atoms with E-state index in [1.165, 1.54) is 24.8 Å². The highest BCUT2D eigenvalue weighted by Gasteiger charge is 2.34. The Bertz CT molecular complexity index is 517. The quantitative estimate of drug-likeness (QED) is 0.920. The van der Waals surface area contributed by atoms with Gasteiger partial charge in [0.25, 0.3) is 0 Å². The van der Waals surface area contributed by atoms with E-state index in [0.29, 0.717) is 6.04 Å². The summed E-state index contributed by atoms with van der Waals surface area (Å²) < 4.78 is 0. The lowest BCUT2D eigenvalue weighted by Crippen LogP contribution is -2.36.